The Labute approximate surface area is 109 Å². The molecule has 1 saturated carbocycles. The zero-order valence-corrected chi connectivity index (χ0v) is 11.9. The first-order chi connectivity index (χ1) is 7.97. The fourth-order valence-electron chi connectivity index (χ4n) is 2.91. The van der Waals surface area contributed by atoms with Gasteiger partial charge in [-0.05, 0) is 38.0 Å². The minimum absolute atomic E-state index is 0.0351. The third-order valence-electron chi connectivity index (χ3n) is 4.01. The minimum Gasteiger partial charge on any atom is -0.377 e. The van der Waals surface area contributed by atoms with E-state index in [2.05, 4.69) is 0 Å². The van der Waals surface area contributed by atoms with Gasteiger partial charge in [0.2, 0.25) is 0 Å². The number of ether oxygens (including phenoxy) is 1. The Morgan fingerprint density at radius 2 is 2.12 bits per heavy atom. The summed E-state index contributed by atoms with van der Waals surface area (Å²) in [6, 6.07) is 0. The molecule has 2 unspecified atom stereocenters. The molecular weight excluding hydrogens is 260 g/mol. The maximum absolute atomic E-state index is 11.2. The number of alkyl halides is 1. The first-order valence-electron chi connectivity index (χ1n) is 6.32. The fraction of sp³-hybridized carbons (Fsp3) is 1.00. The van der Waals surface area contributed by atoms with Gasteiger partial charge in [-0.1, -0.05) is 0 Å². The Bertz CT molecular complexity index is 364. The highest BCUT2D eigenvalue weighted by molar-refractivity contribution is 7.90. The molecule has 17 heavy (non-hydrogen) atoms. The van der Waals surface area contributed by atoms with Gasteiger partial charge in [0.15, 0.2) is 0 Å². The SMILES string of the molecule is CS(=O)(=O)CCCC1(CCl)CCOC1C1CC1. The van der Waals surface area contributed by atoms with Gasteiger partial charge < -0.3 is 4.74 Å². The summed E-state index contributed by atoms with van der Waals surface area (Å²) in [5.74, 6) is 1.54. The van der Waals surface area contributed by atoms with Crippen LogP contribution in [0.15, 0.2) is 0 Å². The Morgan fingerprint density at radius 1 is 1.41 bits per heavy atom. The van der Waals surface area contributed by atoms with Crippen molar-refractivity contribution in [1.29, 1.82) is 0 Å². The van der Waals surface area contributed by atoms with Gasteiger partial charge in [-0.25, -0.2) is 8.42 Å². The molecule has 1 aliphatic heterocycles. The molecule has 0 aromatic carbocycles. The lowest BCUT2D eigenvalue weighted by Crippen LogP contribution is -2.35. The number of rotatable bonds is 6. The molecule has 1 heterocycles. The predicted molar refractivity (Wildman–Crippen MR) is 69.2 cm³/mol. The van der Waals surface area contributed by atoms with Crippen LogP contribution in [-0.4, -0.2) is 39.0 Å². The Morgan fingerprint density at radius 3 is 2.65 bits per heavy atom. The maximum Gasteiger partial charge on any atom is 0.147 e. The third-order valence-corrected chi connectivity index (χ3v) is 5.57. The van der Waals surface area contributed by atoms with E-state index in [0.29, 0.717) is 18.2 Å². The molecule has 0 radical (unpaired) electrons. The fourth-order valence-corrected chi connectivity index (χ4v) is 3.99. The molecule has 2 rings (SSSR count). The van der Waals surface area contributed by atoms with Crippen molar-refractivity contribution in [3.8, 4) is 0 Å². The standard InChI is InChI=1S/C12H21ClO3S/c1-17(14,15)8-2-5-12(9-13)6-7-16-11(12)10-3-4-10/h10-11H,2-9H2,1H3. The Kier molecular flexibility index (Phi) is 4.06. The number of sulfone groups is 1. The van der Waals surface area contributed by atoms with Gasteiger partial charge in [0.05, 0.1) is 6.10 Å². The summed E-state index contributed by atoms with van der Waals surface area (Å²) < 4.78 is 28.2. The van der Waals surface area contributed by atoms with Crippen LogP contribution in [0.3, 0.4) is 0 Å². The van der Waals surface area contributed by atoms with E-state index >= 15 is 0 Å². The lowest BCUT2D eigenvalue weighted by atomic mass is 9.77. The van der Waals surface area contributed by atoms with Gasteiger partial charge >= 0.3 is 0 Å². The lowest BCUT2D eigenvalue weighted by Gasteiger charge is -2.32. The van der Waals surface area contributed by atoms with E-state index in [9.17, 15) is 8.42 Å². The summed E-state index contributed by atoms with van der Waals surface area (Å²) in [5, 5.41) is 0. The van der Waals surface area contributed by atoms with Crippen molar-refractivity contribution in [2.45, 2.75) is 38.2 Å². The highest BCUT2D eigenvalue weighted by Crippen LogP contribution is 2.50. The van der Waals surface area contributed by atoms with E-state index in [-0.39, 0.29) is 17.3 Å². The molecule has 3 nitrogen and oxygen atoms in total. The zero-order chi connectivity index (χ0) is 12.5. The van der Waals surface area contributed by atoms with Crippen LogP contribution in [-0.2, 0) is 14.6 Å². The molecular formula is C12H21ClO3S. The predicted octanol–water partition coefficient (Wildman–Crippen LogP) is 2.24. The van der Waals surface area contributed by atoms with Gasteiger partial charge in [0.1, 0.15) is 9.84 Å². The van der Waals surface area contributed by atoms with Crippen molar-refractivity contribution in [1.82, 2.24) is 0 Å². The smallest absolute Gasteiger partial charge is 0.147 e. The zero-order valence-electron chi connectivity index (χ0n) is 10.3. The molecule has 0 N–H and O–H groups in total. The van der Waals surface area contributed by atoms with Gasteiger partial charge in [-0.3, -0.25) is 0 Å². The summed E-state index contributed by atoms with van der Waals surface area (Å²) in [7, 11) is -2.86. The van der Waals surface area contributed by atoms with Crippen LogP contribution in [0, 0.1) is 11.3 Å². The van der Waals surface area contributed by atoms with Crippen LogP contribution in [0.4, 0.5) is 0 Å². The topological polar surface area (TPSA) is 43.4 Å². The molecule has 0 amide bonds. The molecule has 0 spiro atoms. The second kappa shape index (κ2) is 5.06. The average molecular weight is 281 g/mol. The highest BCUT2D eigenvalue weighted by Gasteiger charge is 2.50. The minimum atomic E-state index is -2.86. The van der Waals surface area contributed by atoms with Gasteiger partial charge in [0, 0.05) is 29.9 Å². The quantitative estimate of drug-likeness (QED) is 0.701. The Balaban J connectivity index is 1.94. The van der Waals surface area contributed by atoms with E-state index in [1.54, 1.807) is 0 Å². The van der Waals surface area contributed by atoms with Crippen LogP contribution in [0.1, 0.15) is 32.1 Å². The van der Waals surface area contributed by atoms with E-state index in [1.807, 2.05) is 0 Å². The van der Waals surface area contributed by atoms with Crippen molar-refractivity contribution < 1.29 is 13.2 Å². The monoisotopic (exact) mass is 280 g/mol. The first-order valence-corrected chi connectivity index (χ1v) is 8.92. The van der Waals surface area contributed by atoms with Crippen LogP contribution in [0.2, 0.25) is 0 Å². The molecule has 0 bridgehead atoms. The van der Waals surface area contributed by atoms with Crippen LogP contribution in [0.25, 0.3) is 0 Å². The molecule has 5 heteroatoms. The van der Waals surface area contributed by atoms with E-state index in [0.717, 1.165) is 19.4 Å². The van der Waals surface area contributed by atoms with Crippen molar-refractivity contribution in [3.63, 3.8) is 0 Å². The molecule has 0 aromatic heterocycles. The maximum atomic E-state index is 11.2. The largest absolute Gasteiger partial charge is 0.377 e. The first kappa shape index (κ1) is 13.6. The molecule has 2 fully saturated rings. The Hall–Kier alpha value is 0.200. The van der Waals surface area contributed by atoms with Crippen molar-refractivity contribution >= 4 is 21.4 Å². The van der Waals surface area contributed by atoms with Crippen LogP contribution in [0.5, 0.6) is 0 Å². The van der Waals surface area contributed by atoms with E-state index in [4.69, 9.17) is 16.3 Å². The number of hydrogen-bond donors (Lipinski definition) is 0. The number of halogens is 1. The van der Waals surface area contributed by atoms with Crippen molar-refractivity contribution in [2.24, 2.45) is 11.3 Å². The molecule has 1 saturated heterocycles. The lowest BCUT2D eigenvalue weighted by molar-refractivity contribution is 0.0364. The van der Waals surface area contributed by atoms with Crippen molar-refractivity contribution in [2.75, 3.05) is 24.5 Å². The summed E-state index contributed by atoms with van der Waals surface area (Å²) in [6.45, 7) is 0.784. The van der Waals surface area contributed by atoms with E-state index in [1.165, 1.54) is 19.1 Å². The van der Waals surface area contributed by atoms with Gasteiger partial charge in [-0.2, -0.15) is 0 Å². The highest BCUT2D eigenvalue weighted by atomic mass is 35.5. The number of hydrogen-bond acceptors (Lipinski definition) is 3. The van der Waals surface area contributed by atoms with Crippen molar-refractivity contribution in [3.05, 3.63) is 0 Å². The summed E-state index contributed by atoms with van der Waals surface area (Å²) >= 11 is 6.15. The molecule has 100 valence electrons. The molecule has 2 atom stereocenters. The molecule has 0 aromatic rings. The summed E-state index contributed by atoms with van der Waals surface area (Å²) in [4.78, 5) is 0. The third kappa shape index (κ3) is 3.36. The van der Waals surface area contributed by atoms with E-state index < -0.39 is 9.84 Å². The summed E-state index contributed by atoms with van der Waals surface area (Å²) in [6.07, 6.45) is 6.64. The van der Waals surface area contributed by atoms with Gasteiger partial charge in [-0.15, -0.1) is 11.6 Å². The van der Waals surface area contributed by atoms with Gasteiger partial charge in [0.25, 0.3) is 0 Å². The van der Waals surface area contributed by atoms with Crippen LogP contribution < -0.4 is 0 Å². The second-order valence-corrected chi connectivity index (χ2v) is 8.14. The average Bonchev–Trinajstić information content (AvgIpc) is 2.99. The van der Waals surface area contributed by atoms with Crippen LogP contribution >= 0.6 is 11.6 Å². The summed E-state index contributed by atoms with van der Waals surface area (Å²) in [5.41, 5.74) is 0.0351. The normalized spacial score (nSPS) is 34.1. The molecule has 1 aliphatic carbocycles. The molecule has 2 aliphatic rings. The second-order valence-electron chi connectivity index (χ2n) is 5.61.